The van der Waals surface area contributed by atoms with Crippen LogP contribution in [0.2, 0.25) is 0 Å². The molecule has 0 aliphatic carbocycles. The molecule has 0 rings (SSSR count). The van der Waals surface area contributed by atoms with Crippen LogP contribution in [0.4, 0.5) is 0 Å². The van der Waals surface area contributed by atoms with Crippen LogP contribution in [0.5, 0.6) is 0 Å². The van der Waals surface area contributed by atoms with Crippen molar-refractivity contribution in [1.29, 1.82) is 0 Å². The Bertz CT molecular complexity index is 195. The minimum absolute atomic E-state index is 0.608. The molecule has 0 aliphatic rings. The third-order valence-electron chi connectivity index (χ3n) is 5.86. The smallest absolute Gasteiger partial charge is 0.00489 e. The molecule has 0 amide bonds. The summed E-state index contributed by atoms with van der Waals surface area (Å²) in [6.45, 7) is 18.0. The van der Waals surface area contributed by atoms with Crippen molar-refractivity contribution in [3.8, 4) is 0 Å². The molecule has 2 nitrogen and oxygen atoms in total. The molecule has 6 unspecified atom stereocenters. The van der Waals surface area contributed by atoms with E-state index in [1.54, 1.807) is 0 Å². The first-order valence-electron chi connectivity index (χ1n) is 7.67. The van der Waals surface area contributed by atoms with Gasteiger partial charge in [0, 0.05) is 0 Å². The Hall–Kier alpha value is -0.0800. The molecule has 2 heteroatoms. The summed E-state index contributed by atoms with van der Waals surface area (Å²) in [6, 6.07) is 0. The van der Waals surface area contributed by atoms with E-state index in [-0.39, 0.29) is 0 Å². The Labute approximate surface area is 115 Å². The van der Waals surface area contributed by atoms with Gasteiger partial charge < -0.3 is 11.5 Å². The molecule has 0 aromatic heterocycles. The van der Waals surface area contributed by atoms with Gasteiger partial charge in [0.1, 0.15) is 0 Å². The molecule has 0 spiro atoms. The molecule has 0 heterocycles. The Morgan fingerprint density at radius 2 is 0.722 bits per heavy atom. The van der Waals surface area contributed by atoms with Gasteiger partial charge in [-0.1, -0.05) is 48.5 Å². The minimum Gasteiger partial charge on any atom is -0.330 e. The molecular formula is C16H36N2. The van der Waals surface area contributed by atoms with E-state index >= 15 is 0 Å². The average Bonchev–Trinajstić information content (AvgIpc) is 2.40. The van der Waals surface area contributed by atoms with Crippen molar-refractivity contribution in [2.75, 3.05) is 13.1 Å². The van der Waals surface area contributed by atoms with Gasteiger partial charge in [-0.25, -0.2) is 0 Å². The van der Waals surface area contributed by atoms with Crippen molar-refractivity contribution in [1.82, 2.24) is 0 Å². The van der Waals surface area contributed by atoms with Gasteiger partial charge in [0.2, 0.25) is 0 Å². The van der Waals surface area contributed by atoms with Crippen LogP contribution in [0, 0.1) is 41.4 Å². The number of hydrogen-bond acceptors (Lipinski definition) is 2. The van der Waals surface area contributed by atoms with Crippen LogP contribution < -0.4 is 11.5 Å². The van der Waals surface area contributed by atoms with Gasteiger partial charge in [-0.3, -0.25) is 0 Å². The number of nitrogens with two attached hydrogens (primary N) is 2. The lowest BCUT2D eigenvalue weighted by Crippen LogP contribution is -2.34. The Balaban J connectivity index is 4.57. The lowest BCUT2D eigenvalue weighted by atomic mass is 9.69. The maximum Gasteiger partial charge on any atom is -0.00489 e. The molecule has 110 valence electrons. The van der Waals surface area contributed by atoms with E-state index in [9.17, 15) is 0 Å². The summed E-state index contributed by atoms with van der Waals surface area (Å²) in [5, 5.41) is 0. The van der Waals surface area contributed by atoms with Crippen molar-refractivity contribution in [3.05, 3.63) is 0 Å². The van der Waals surface area contributed by atoms with Crippen molar-refractivity contribution >= 4 is 0 Å². The highest BCUT2D eigenvalue weighted by Gasteiger charge is 2.30. The number of rotatable bonds is 8. The summed E-state index contributed by atoms with van der Waals surface area (Å²) in [6.07, 6.45) is 0. The van der Waals surface area contributed by atoms with Crippen LogP contribution in [-0.4, -0.2) is 13.1 Å². The van der Waals surface area contributed by atoms with E-state index < -0.39 is 0 Å². The summed E-state index contributed by atoms with van der Waals surface area (Å²) in [5.41, 5.74) is 11.6. The van der Waals surface area contributed by atoms with Crippen molar-refractivity contribution in [2.24, 2.45) is 52.9 Å². The second-order valence-electron chi connectivity index (χ2n) is 6.72. The molecule has 0 aliphatic heterocycles. The van der Waals surface area contributed by atoms with Crippen LogP contribution in [0.25, 0.3) is 0 Å². The summed E-state index contributed by atoms with van der Waals surface area (Å²) < 4.78 is 0. The molecule has 0 saturated heterocycles. The first kappa shape index (κ1) is 17.9. The highest BCUT2D eigenvalue weighted by atomic mass is 14.6. The van der Waals surface area contributed by atoms with Crippen molar-refractivity contribution in [3.63, 3.8) is 0 Å². The molecule has 0 saturated carbocycles. The summed E-state index contributed by atoms with van der Waals surface area (Å²) in [7, 11) is 0. The first-order valence-corrected chi connectivity index (χ1v) is 7.67. The Morgan fingerprint density at radius 1 is 0.500 bits per heavy atom. The van der Waals surface area contributed by atoms with E-state index in [0.717, 1.165) is 19.0 Å². The zero-order chi connectivity index (χ0) is 14.5. The fourth-order valence-electron chi connectivity index (χ4n) is 2.90. The topological polar surface area (TPSA) is 52.0 Å². The molecule has 0 radical (unpaired) electrons. The van der Waals surface area contributed by atoms with Crippen molar-refractivity contribution in [2.45, 2.75) is 48.5 Å². The highest BCUT2D eigenvalue weighted by Crippen LogP contribution is 2.36. The molecule has 0 bridgehead atoms. The summed E-state index contributed by atoms with van der Waals surface area (Å²) in [4.78, 5) is 0. The lowest BCUT2D eigenvalue weighted by molar-refractivity contribution is 0.121. The standard InChI is InChI=1S/C16H36N2/c1-10(8-17)12(3)14(5)16(7)15(6)13(4)11(2)9-18/h10-16H,8-9,17-18H2,1-7H3. The molecule has 0 aromatic rings. The van der Waals surface area contributed by atoms with Crippen LogP contribution in [0.3, 0.4) is 0 Å². The molecule has 4 N–H and O–H groups in total. The predicted octanol–water partition coefficient (Wildman–Crippen LogP) is 3.36. The van der Waals surface area contributed by atoms with Gasteiger partial charge in [0.05, 0.1) is 0 Å². The second kappa shape index (κ2) is 8.16. The van der Waals surface area contributed by atoms with Gasteiger partial charge in [-0.05, 0) is 54.5 Å². The summed E-state index contributed by atoms with van der Waals surface area (Å²) >= 11 is 0. The van der Waals surface area contributed by atoms with Gasteiger partial charge in [0.15, 0.2) is 0 Å². The van der Waals surface area contributed by atoms with Gasteiger partial charge >= 0.3 is 0 Å². The van der Waals surface area contributed by atoms with E-state index in [1.165, 1.54) is 0 Å². The van der Waals surface area contributed by atoms with Crippen LogP contribution in [-0.2, 0) is 0 Å². The van der Waals surface area contributed by atoms with E-state index in [4.69, 9.17) is 11.5 Å². The second-order valence-corrected chi connectivity index (χ2v) is 6.72. The zero-order valence-corrected chi connectivity index (χ0v) is 13.6. The average molecular weight is 256 g/mol. The molecule has 18 heavy (non-hydrogen) atoms. The van der Waals surface area contributed by atoms with Gasteiger partial charge in [-0.15, -0.1) is 0 Å². The maximum atomic E-state index is 5.80. The number of hydrogen-bond donors (Lipinski definition) is 2. The van der Waals surface area contributed by atoms with Crippen LogP contribution in [0.15, 0.2) is 0 Å². The quantitative estimate of drug-likeness (QED) is 0.699. The van der Waals surface area contributed by atoms with Crippen LogP contribution >= 0.6 is 0 Å². The van der Waals surface area contributed by atoms with E-state index in [2.05, 4.69) is 48.5 Å². The van der Waals surface area contributed by atoms with Crippen molar-refractivity contribution < 1.29 is 0 Å². The largest absolute Gasteiger partial charge is 0.330 e. The monoisotopic (exact) mass is 256 g/mol. The first-order chi connectivity index (χ1) is 8.27. The van der Waals surface area contributed by atoms with E-state index in [0.29, 0.717) is 35.5 Å². The normalized spacial score (nSPS) is 23.8. The third kappa shape index (κ3) is 4.55. The fourth-order valence-corrected chi connectivity index (χ4v) is 2.90. The van der Waals surface area contributed by atoms with Crippen LogP contribution in [0.1, 0.15) is 48.5 Å². The van der Waals surface area contributed by atoms with E-state index in [1.807, 2.05) is 0 Å². The third-order valence-corrected chi connectivity index (χ3v) is 5.86. The molecular weight excluding hydrogens is 220 g/mol. The lowest BCUT2D eigenvalue weighted by Gasteiger charge is -2.37. The minimum atomic E-state index is 0.608. The fraction of sp³-hybridized carbons (Fsp3) is 1.00. The molecule has 0 aromatic carbocycles. The SMILES string of the molecule is CC(CN)C(C)C(C)C(C)C(C)C(C)C(C)CN. The maximum absolute atomic E-state index is 5.80. The molecule has 6 atom stereocenters. The zero-order valence-electron chi connectivity index (χ0n) is 13.6. The summed E-state index contributed by atoms with van der Waals surface area (Å²) in [5.74, 6) is 4.74. The van der Waals surface area contributed by atoms with Gasteiger partial charge in [-0.2, -0.15) is 0 Å². The highest BCUT2D eigenvalue weighted by molar-refractivity contribution is 4.80. The van der Waals surface area contributed by atoms with Gasteiger partial charge in [0.25, 0.3) is 0 Å². The Morgan fingerprint density at radius 3 is 0.944 bits per heavy atom. The predicted molar refractivity (Wildman–Crippen MR) is 82.3 cm³/mol. The Kier molecular flexibility index (Phi) is 8.13. The molecule has 0 fully saturated rings.